The fraction of sp³-hybridized carbons (Fsp3) is 0.714. The number of amides is 2. The van der Waals surface area contributed by atoms with Gasteiger partial charge in [-0.25, -0.2) is 4.79 Å². The van der Waals surface area contributed by atoms with E-state index < -0.39 is 22.7 Å². The van der Waals surface area contributed by atoms with E-state index in [2.05, 4.69) is 20.2 Å². The van der Waals surface area contributed by atoms with E-state index in [9.17, 15) is 14.4 Å². The first-order valence-corrected chi connectivity index (χ1v) is 9.00. The van der Waals surface area contributed by atoms with Gasteiger partial charge in [0.25, 0.3) is 0 Å². The van der Waals surface area contributed by atoms with E-state index in [-0.39, 0.29) is 24.2 Å². The molecule has 1 heterocycles. The molecule has 1 aliphatic heterocycles. The fourth-order valence-corrected chi connectivity index (χ4v) is 3.11. The number of carboxylic acid groups (broad SMARTS) is 1. The fourth-order valence-electron chi connectivity index (χ4n) is 1.91. The summed E-state index contributed by atoms with van der Waals surface area (Å²) in [6.45, 7) is 5.57. The summed E-state index contributed by atoms with van der Waals surface area (Å²) in [6.07, 6.45) is 0.965. The molecule has 1 fully saturated rings. The zero-order valence-electron chi connectivity index (χ0n) is 13.7. The SMILES string of the molecule is C/C(CCC(=O)NC(CC(C)C)C(=O)O)=N\N=S1\CNC(=O)C1. The van der Waals surface area contributed by atoms with Crippen molar-refractivity contribution in [3.8, 4) is 0 Å². The van der Waals surface area contributed by atoms with Gasteiger partial charge in [-0.2, -0.15) is 5.10 Å². The molecule has 2 amide bonds. The lowest BCUT2D eigenvalue weighted by Crippen LogP contribution is -2.41. The van der Waals surface area contributed by atoms with Crippen LogP contribution in [0.25, 0.3) is 0 Å². The zero-order valence-corrected chi connectivity index (χ0v) is 14.5. The van der Waals surface area contributed by atoms with Crippen LogP contribution in [-0.2, 0) is 25.1 Å². The molecule has 1 aliphatic rings. The molecule has 3 N–H and O–H groups in total. The van der Waals surface area contributed by atoms with Gasteiger partial charge in [-0.05, 0) is 36.4 Å². The topological polar surface area (TPSA) is 120 Å². The quantitative estimate of drug-likeness (QED) is 0.442. The minimum atomic E-state index is -1.02. The maximum atomic E-state index is 11.8. The lowest BCUT2D eigenvalue weighted by Gasteiger charge is -2.16. The van der Waals surface area contributed by atoms with E-state index >= 15 is 0 Å². The molecular weight excluding hydrogens is 320 g/mol. The second kappa shape index (κ2) is 9.39. The number of carbonyl (C=O) groups excluding carboxylic acids is 2. The third-order valence-electron chi connectivity index (χ3n) is 3.11. The number of carboxylic acids is 1. The Labute approximate surface area is 138 Å². The molecule has 0 aromatic rings. The standard InChI is InChI=1S/C14H24N4O4S/c1-9(2)6-11(14(21)22)16-12(19)5-4-10(3)17-18-23-7-13(20)15-8-23/h9,11H,4-8H2,1-3H3,(H,15,20)(H,16,19)(H,21,22)/b17-10+. The van der Waals surface area contributed by atoms with E-state index in [0.717, 1.165) is 0 Å². The predicted molar refractivity (Wildman–Crippen MR) is 89.0 cm³/mol. The van der Waals surface area contributed by atoms with Crippen LogP contribution in [-0.4, -0.2) is 46.3 Å². The molecule has 0 spiro atoms. The first-order valence-electron chi connectivity index (χ1n) is 7.48. The molecule has 2 atom stereocenters. The summed E-state index contributed by atoms with van der Waals surface area (Å²) in [5, 5.41) is 18.3. The molecule has 1 rings (SSSR count). The van der Waals surface area contributed by atoms with Gasteiger partial charge in [0, 0.05) is 12.1 Å². The lowest BCUT2D eigenvalue weighted by atomic mass is 10.0. The first kappa shape index (κ1) is 19.3. The largest absolute Gasteiger partial charge is 0.480 e. The summed E-state index contributed by atoms with van der Waals surface area (Å²) >= 11 is 0. The molecule has 9 heteroatoms. The molecule has 130 valence electrons. The van der Waals surface area contributed by atoms with Gasteiger partial charge in [-0.1, -0.05) is 13.8 Å². The van der Waals surface area contributed by atoms with Crippen LogP contribution in [0.5, 0.6) is 0 Å². The number of rotatable bonds is 8. The Morgan fingerprint density at radius 3 is 2.61 bits per heavy atom. The number of hydrogen-bond acceptors (Lipinski definition) is 4. The molecule has 0 bridgehead atoms. The van der Waals surface area contributed by atoms with Crippen molar-refractivity contribution in [1.82, 2.24) is 10.6 Å². The van der Waals surface area contributed by atoms with E-state index in [1.165, 1.54) is 0 Å². The molecule has 2 unspecified atom stereocenters. The summed E-state index contributed by atoms with van der Waals surface area (Å²) in [5.41, 5.74) is 0.683. The highest BCUT2D eigenvalue weighted by Gasteiger charge is 2.20. The van der Waals surface area contributed by atoms with Gasteiger partial charge >= 0.3 is 5.97 Å². The Bertz CT molecular complexity index is 531. The Morgan fingerprint density at radius 2 is 2.09 bits per heavy atom. The number of hydrogen-bond donors (Lipinski definition) is 3. The maximum absolute atomic E-state index is 11.8. The normalized spacial score (nSPS) is 19.7. The monoisotopic (exact) mass is 344 g/mol. The third kappa shape index (κ3) is 7.87. The summed E-state index contributed by atoms with van der Waals surface area (Å²) in [7, 11) is -0.416. The van der Waals surface area contributed by atoms with Crippen molar-refractivity contribution in [2.45, 2.75) is 46.1 Å². The molecule has 23 heavy (non-hydrogen) atoms. The van der Waals surface area contributed by atoms with Crippen LogP contribution in [0.2, 0.25) is 0 Å². The number of nitrogens with zero attached hydrogens (tertiary/aromatic N) is 2. The highest BCUT2D eigenvalue weighted by atomic mass is 32.2. The second-order valence-corrected chi connectivity index (χ2v) is 7.52. The maximum Gasteiger partial charge on any atom is 0.326 e. The summed E-state index contributed by atoms with van der Waals surface area (Å²) < 4.78 is 4.09. The second-order valence-electron chi connectivity index (χ2n) is 5.86. The van der Waals surface area contributed by atoms with Crippen LogP contribution < -0.4 is 10.6 Å². The molecule has 1 saturated heterocycles. The Morgan fingerprint density at radius 1 is 1.39 bits per heavy atom. The number of nitrogens with one attached hydrogen (secondary N) is 2. The number of carbonyl (C=O) groups is 3. The van der Waals surface area contributed by atoms with Gasteiger partial charge in [-0.3, -0.25) is 9.59 Å². The van der Waals surface area contributed by atoms with E-state index in [4.69, 9.17) is 5.11 Å². The van der Waals surface area contributed by atoms with Crippen molar-refractivity contribution in [2.24, 2.45) is 15.5 Å². The van der Waals surface area contributed by atoms with Crippen molar-refractivity contribution < 1.29 is 19.5 Å². The van der Waals surface area contributed by atoms with Gasteiger partial charge in [0.2, 0.25) is 11.8 Å². The van der Waals surface area contributed by atoms with Crippen molar-refractivity contribution in [3.05, 3.63) is 0 Å². The Kier molecular flexibility index (Phi) is 7.87. The zero-order chi connectivity index (χ0) is 17.4. The Balaban J connectivity index is 2.42. The minimum Gasteiger partial charge on any atom is -0.480 e. The lowest BCUT2D eigenvalue weighted by molar-refractivity contribution is -0.142. The van der Waals surface area contributed by atoms with Crippen molar-refractivity contribution >= 4 is 34.2 Å². The van der Waals surface area contributed by atoms with E-state index in [0.29, 0.717) is 30.2 Å². The number of aliphatic carboxylic acids is 1. The average molecular weight is 344 g/mol. The Hall–Kier alpha value is -1.77. The highest BCUT2D eigenvalue weighted by molar-refractivity contribution is 7.88. The summed E-state index contributed by atoms with van der Waals surface area (Å²) in [5.74, 6) is -0.283. The molecule has 8 nitrogen and oxygen atoms in total. The van der Waals surface area contributed by atoms with Crippen molar-refractivity contribution in [3.63, 3.8) is 0 Å². The molecule has 0 saturated carbocycles. The van der Waals surface area contributed by atoms with Crippen molar-refractivity contribution in [2.75, 3.05) is 11.6 Å². The van der Waals surface area contributed by atoms with E-state index in [1.54, 1.807) is 6.92 Å². The van der Waals surface area contributed by atoms with Crippen LogP contribution in [0, 0.1) is 5.92 Å². The van der Waals surface area contributed by atoms with E-state index in [1.807, 2.05) is 13.8 Å². The molecule has 0 aliphatic carbocycles. The molecular formula is C14H24N4O4S. The van der Waals surface area contributed by atoms with Crippen LogP contribution in [0.15, 0.2) is 9.57 Å². The van der Waals surface area contributed by atoms with Crippen molar-refractivity contribution in [1.29, 1.82) is 0 Å². The summed E-state index contributed by atoms with van der Waals surface area (Å²) in [4.78, 5) is 34.0. The van der Waals surface area contributed by atoms with Crippen LogP contribution in [0.1, 0.15) is 40.0 Å². The van der Waals surface area contributed by atoms with Crippen LogP contribution in [0.3, 0.4) is 0 Å². The van der Waals surface area contributed by atoms with Gasteiger partial charge in [0.15, 0.2) is 0 Å². The third-order valence-corrected chi connectivity index (χ3v) is 4.50. The van der Waals surface area contributed by atoms with Gasteiger partial charge in [0.1, 0.15) is 6.04 Å². The van der Waals surface area contributed by atoms with Crippen LogP contribution in [0.4, 0.5) is 0 Å². The smallest absolute Gasteiger partial charge is 0.326 e. The highest BCUT2D eigenvalue weighted by Crippen LogP contribution is 2.06. The predicted octanol–water partition coefficient (Wildman–Crippen LogP) is 0.647. The molecule has 0 aromatic heterocycles. The first-order chi connectivity index (χ1) is 10.8. The summed E-state index contributed by atoms with van der Waals surface area (Å²) in [6, 6.07) is -0.860. The minimum absolute atomic E-state index is 0.0193. The van der Waals surface area contributed by atoms with Gasteiger partial charge in [-0.15, -0.1) is 4.47 Å². The molecule has 0 aromatic carbocycles. The van der Waals surface area contributed by atoms with Gasteiger partial charge < -0.3 is 15.7 Å². The van der Waals surface area contributed by atoms with Crippen LogP contribution >= 0.6 is 0 Å². The average Bonchev–Trinajstić information content (AvgIpc) is 2.87. The van der Waals surface area contributed by atoms with Gasteiger partial charge in [0.05, 0.1) is 11.6 Å². The molecule has 0 radical (unpaired) electrons.